The Morgan fingerprint density at radius 3 is 2.53 bits per heavy atom. The van der Waals surface area contributed by atoms with Gasteiger partial charge in [0.2, 0.25) is 0 Å². The Labute approximate surface area is 176 Å². The molecule has 30 heavy (non-hydrogen) atoms. The Balaban J connectivity index is 1.87. The molecule has 2 heterocycles. The van der Waals surface area contributed by atoms with Crippen LogP contribution in [-0.4, -0.2) is 60.0 Å². The Kier molecular flexibility index (Phi) is 7.46. The van der Waals surface area contributed by atoms with Crippen LogP contribution in [0.25, 0.3) is 5.69 Å². The SMILES string of the molecule is CCOC(=O)c1cnn(-c2ccc(OC)cc2)c1CN1CCC[C@H](C(=O)OCC)C1. The number of benzene rings is 1. The highest BCUT2D eigenvalue weighted by Crippen LogP contribution is 2.24. The van der Waals surface area contributed by atoms with Gasteiger partial charge in [0, 0.05) is 13.1 Å². The number of aromatic nitrogens is 2. The van der Waals surface area contributed by atoms with Gasteiger partial charge in [0.15, 0.2) is 0 Å². The van der Waals surface area contributed by atoms with Crippen molar-refractivity contribution in [2.45, 2.75) is 33.2 Å². The summed E-state index contributed by atoms with van der Waals surface area (Å²) in [6, 6.07) is 7.48. The number of nitrogens with zero attached hydrogens (tertiary/aromatic N) is 3. The first-order valence-electron chi connectivity index (χ1n) is 10.3. The molecule has 0 unspecified atom stereocenters. The maximum Gasteiger partial charge on any atom is 0.341 e. The van der Waals surface area contributed by atoms with Crippen LogP contribution in [0.4, 0.5) is 0 Å². The Hall–Kier alpha value is -2.87. The second-order valence-corrected chi connectivity index (χ2v) is 7.16. The van der Waals surface area contributed by atoms with Crippen LogP contribution in [-0.2, 0) is 20.8 Å². The van der Waals surface area contributed by atoms with Gasteiger partial charge in [-0.2, -0.15) is 5.10 Å². The predicted molar refractivity (Wildman–Crippen MR) is 111 cm³/mol. The first-order valence-corrected chi connectivity index (χ1v) is 10.3. The van der Waals surface area contributed by atoms with Gasteiger partial charge in [0.05, 0.1) is 43.8 Å². The van der Waals surface area contributed by atoms with E-state index in [1.165, 1.54) is 0 Å². The van der Waals surface area contributed by atoms with Crippen molar-refractivity contribution in [2.24, 2.45) is 5.92 Å². The highest BCUT2D eigenvalue weighted by molar-refractivity contribution is 5.90. The summed E-state index contributed by atoms with van der Waals surface area (Å²) in [7, 11) is 1.61. The molecule has 0 saturated carbocycles. The van der Waals surface area contributed by atoms with Crippen LogP contribution in [0.3, 0.4) is 0 Å². The molecule has 8 heteroatoms. The number of carbonyl (C=O) groups excluding carboxylic acids is 2. The summed E-state index contributed by atoms with van der Waals surface area (Å²) in [6.07, 6.45) is 3.26. The third-order valence-corrected chi connectivity index (χ3v) is 5.18. The lowest BCUT2D eigenvalue weighted by molar-refractivity contribution is -0.150. The standard InChI is InChI=1S/C22H29N3O5/c1-4-29-21(26)16-7-6-12-24(14-16)15-20-19(22(27)30-5-2)13-23-25(20)17-8-10-18(28-3)11-9-17/h8-11,13,16H,4-7,12,14-15H2,1-3H3/t16-/m0/s1. The van der Waals surface area contributed by atoms with E-state index in [0.717, 1.165) is 36.5 Å². The zero-order valence-electron chi connectivity index (χ0n) is 17.8. The van der Waals surface area contributed by atoms with E-state index in [0.29, 0.717) is 31.9 Å². The second kappa shape index (κ2) is 10.2. The number of methoxy groups -OCH3 is 1. The number of rotatable bonds is 8. The third-order valence-electron chi connectivity index (χ3n) is 5.18. The summed E-state index contributed by atoms with van der Waals surface area (Å²) >= 11 is 0. The lowest BCUT2D eigenvalue weighted by Gasteiger charge is -2.31. The lowest BCUT2D eigenvalue weighted by atomic mass is 9.98. The van der Waals surface area contributed by atoms with E-state index in [1.54, 1.807) is 24.9 Å². The van der Waals surface area contributed by atoms with E-state index >= 15 is 0 Å². The molecule has 8 nitrogen and oxygen atoms in total. The zero-order valence-corrected chi connectivity index (χ0v) is 17.8. The van der Waals surface area contributed by atoms with Gasteiger partial charge < -0.3 is 14.2 Å². The Morgan fingerprint density at radius 2 is 1.87 bits per heavy atom. The Bertz CT molecular complexity index is 862. The minimum absolute atomic E-state index is 0.151. The van der Waals surface area contributed by atoms with E-state index in [2.05, 4.69) is 10.00 Å². The fraction of sp³-hybridized carbons (Fsp3) is 0.500. The molecule has 1 fully saturated rings. The van der Waals surface area contributed by atoms with E-state index in [1.807, 2.05) is 31.2 Å². The smallest absolute Gasteiger partial charge is 0.341 e. The first-order chi connectivity index (χ1) is 14.6. The molecule has 2 aromatic rings. The van der Waals surface area contributed by atoms with Gasteiger partial charge >= 0.3 is 11.9 Å². The van der Waals surface area contributed by atoms with E-state index < -0.39 is 5.97 Å². The van der Waals surface area contributed by atoms with E-state index in [4.69, 9.17) is 14.2 Å². The topological polar surface area (TPSA) is 82.9 Å². The second-order valence-electron chi connectivity index (χ2n) is 7.16. The first kappa shape index (κ1) is 21.8. The number of hydrogen-bond donors (Lipinski definition) is 0. The fourth-order valence-electron chi connectivity index (χ4n) is 3.71. The molecular weight excluding hydrogens is 386 g/mol. The quantitative estimate of drug-likeness (QED) is 0.613. The van der Waals surface area contributed by atoms with Crippen molar-refractivity contribution < 1.29 is 23.8 Å². The molecule has 1 aliphatic rings. The summed E-state index contributed by atoms with van der Waals surface area (Å²) in [5.74, 6) is 0.0381. The number of hydrogen-bond acceptors (Lipinski definition) is 7. The fourth-order valence-corrected chi connectivity index (χ4v) is 3.71. The summed E-state index contributed by atoms with van der Waals surface area (Å²) in [6.45, 7) is 6.18. The molecule has 1 aliphatic heterocycles. The van der Waals surface area contributed by atoms with Gasteiger partial charge in [0.1, 0.15) is 11.3 Å². The summed E-state index contributed by atoms with van der Waals surface area (Å²) in [5, 5.41) is 4.45. The van der Waals surface area contributed by atoms with Crippen LogP contribution in [0.15, 0.2) is 30.5 Å². The van der Waals surface area contributed by atoms with Gasteiger partial charge in [-0.05, 0) is 57.5 Å². The van der Waals surface area contributed by atoms with Gasteiger partial charge in [-0.25, -0.2) is 9.48 Å². The highest BCUT2D eigenvalue weighted by Gasteiger charge is 2.29. The highest BCUT2D eigenvalue weighted by atomic mass is 16.5. The summed E-state index contributed by atoms with van der Waals surface area (Å²) < 4.78 is 17.4. The average molecular weight is 415 g/mol. The average Bonchev–Trinajstić information content (AvgIpc) is 3.18. The summed E-state index contributed by atoms with van der Waals surface area (Å²) in [5.41, 5.74) is 1.99. The van der Waals surface area contributed by atoms with Gasteiger partial charge in [-0.15, -0.1) is 0 Å². The largest absolute Gasteiger partial charge is 0.497 e. The van der Waals surface area contributed by atoms with E-state index in [9.17, 15) is 9.59 Å². The van der Waals surface area contributed by atoms with Crippen molar-refractivity contribution in [3.8, 4) is 11.4 Å². The third kappa shape index (κ3) is 4.99. The van der Waals surface area contributed by atoms with Crippen LogP contribution in [0.5, 0.6) is 5.75 Å². The lowest BCUT2D eigenvalue weighted by Crippen LogP contribution is -2.39. The van der Waals surface area contributed by atoms with Crippen molar-refractivity contribution in [1.82, 2.24) is 14.7 Å². The molecular formula is C22H29N3O5. The van der Waals surface area contributed by atoms with Crippen molar-refractivity contribution in [3.63, 3.8) is 0 Å². The zero-order chi connectivity index (χ0) is 21.5. The molecule has 0 amide bonds. The molecule has 3 rings (SSSR count). The molecule has 0 spiro atoms. The number of carbonyl (C=O) groups is 2. The normalized spacial score (nSPS) is 16.8. The molecule has 0 aliphatic carbocycles. The van der Waals surface area contributed by atoms with Crippen molar-refractivity contribution >= 4 is 11.9 Å². The van der Waals surface area contributed by atoms with Crippen LogP contribution in [0, 0.1) is 5.92 Å². The molecule has 1 saturated heterocycles. The number of likely N-dealkylation sites (tertiary alicyclic amines) is 1. The van der Waals surface area contributed by atoms with Crippen LogP contribution >= 0.6 is 0 Å². The predicted octanol–water partition coefficient (Wildman–Crippen LogP) is 2.83. The molecule has 162 valence electrons. The Morgan fingerprint density at radius 1 is 1.13 bits per heavy atom. The number of esters is 2. The van der Waals surface area contributed by atoms with Crippen molar-refractivity contribution in [2.75, 3.05) is 33.4 Å². The van der Waals surface area contributed by atoms with Crippen LogP contribution in [0.1, 0.15) is 42.7 Å². The van der Waals surface area contributed by atoms with Crippen molar-refractivity contribution in [1.29, 1.82) is 0 Å². The molecule has 0 radical (unpaired) electrons. The maximum atomic E-state index is 12.5. The van der Waals surface area contributed by atoms with Crippen LogP contribution < -0.4 is 4.74 Å². The van der Waals surface area contributed by atoms with Crippen LogP contribution in [0.2, 0.25) is 0 Å². The maximum absolute atomic E-state index is 12.5. The molecule has 0 N–H and O–H groups in total. The van der Waals surface area contributed by atoms with Crippen molar-refractivity contribution in [3.05, 3.63) is 41.7 Å². The molecule has 0 bridgehead atoms. The minimum atomic E-state index is -0.397. The number of ether oxygens (including phenoxy) is 3. The molecule has 1 aromatic carbocycles. The molecule has 1 aromatic heterocycles. The number of piperidine rings is 1. The van der Waals surface area contributed by atoms with Gasteiger partial charge in [-0.1, -0.05) is 0 Å². The minimum Gasteiger partial charge on any atom is -0.497 e. The monoisotopic (exact) mass is 415 g/mol. The van der Waals surface area contributed by atoms with Gasteiger partial charge in [0.25, 0.3) is 0 Å². The van der Waals surface area contributed by atoms with Gasteiger partial charge in [-0.3, -0.25) is 9.69 Å². The van der Waals surface area contributed by atoms with E-state index in [-0.39, 0.29) is 11.9 Å². The summed E-state index contributed by atoms with van der Waals surface area (Å²) in [4.78, 5) is 26.9. The molecule has 1 atom stereocenters.